The van der Waals surface area contributed by atoms with E-state index in [1.807, 2.05) is 18.7 Å². The Kier molecular flexibility index (Phi) is 3.57. The number of anilines is 1. The molecule has 1 aromatic carbocycles. The smallest absolute Gasteiger partial charge is 0.245 e. The van der Waals surface area contributed by atoms with E-state index in [9.17, 15) is 9.90 Å². The number of aliphatic hydroxyl groups is 1. The van der Waals surface area contributed by atoms with E-state index in [1.54, 1.807) is 0 Å². The van der Waals surface area contributed by atoms with Crippen molar-refractivity contribution in [1.82, 2.24) is 5.32 Å². The molecule has 2 rings (SSSR count). The van der Waals surface area contributed by atoms with E-state index in [1.165, 1.54) is 0 Å². The van der Waals surface area contributed by atoms with Crippen LogP contribution in [0, 0.1) is 13.8 Å². The Morgan fingerprint density at radius 1 is 1.44 bits per heavy atom. The number of carbonyl (C=O) groups excluding carboxylic acids is 1. The van der Waals surface area contributed by atoms with Crippen LogP contribution in [0.3, 0.4) is 0 Å². The van der Waals surface area contributed by atoms with Crippen molar-refractivity contribution in [3.05, 3.63) is 29.3 Å². The highest BCUT2D eigenvalue weighted by molar-refractivity contribution is 5.87. The maximum Gasteiger partial charge on any atom is 0.245 e. The normalized spacial score (nSPS) is 24.0. The average molecular weight is 248 g/mol. The Balaban J connectivity index is 2.44. The van der Waals surface area contributed by atoms with Crippen molar-refractivity contribution in [2.75, 3.05) is 18.1 Å². The largest absolute Gasteiger partial charge is 0.394 e. The van der Waals surface area contributed by atoms with Gasteiger partial charge in [-0.05, 0) is 38.0 Å². The van der Waals surface area contributed by atoms with Gasteiger partial charge in [0.1, 0.15) is 6.04 Å². The highest BCUT2D eigenvalue weighted by atomic mass is 16.3. The molecule has 0 radical (unpaired) electrons. The lowest BCUT2D eigenvalue weighted by Crippen LogP contribution is -2.61. The molecule has 4 nitrogen and oxygen atoms in total. The third-order valence-corrected chi connectivity index (χ3v) is 3.50. The first-order chi connectivity index (χ1) is 8.54. The van der Waals surface area contributed by atoms with Gasteiger partial charge in [-0.15, -0.1) is 0 Å². The first-order valence-corrected chi connectivity index (χ1v) is 6.28. The van der Waals surface area contributed by atoms with Crippen LogP contribution in [0.25, 0.3) is 0 Å². The second-order valence-electron chi connectivity index (χ2n) is 4.99. The van der Waals surface area contributed by atoms with Gasteiger partial charge < -0.3 is 15.3 Å². The summed E-state index contributed by atoms with van der Waals surface area (Å²) in [4.78, 5) is 13.9. The summed E-state index contributed by atoms with van der Waals surface area (Å²) in [7, 11) is 0. The Morgan fingerprint density at radius 2 is 2.17 bits per heavy atom. The van der Waals surface area contributed by atoms with Crippen molar-refractivity contribution in [2.45, 2.75) is 32.9 Å². The standard InChI is InChI=1S/C14H20N2O2/c1-9-4-5-10(2)12(6-9)16-11(3)7-15-14(18)13(16)8-17/h4-6,11,13,17H,7-8H2,1-3H3,(H,15,18). The van der Waals surface area contributed by atoms with Crippen molar-refractivity contribution in [3.63, 3.8) is 0 Å². The van der Waals surface area contributed by atoms with E-state index in [-0.39, 0.29) is 18.6 Å². The number of amides is 1. The van der Waals surface area contributed by atoms with Gasteiger partial charge in [0.25, 0.3) is 0 Å². The van der Waals surface area contributed by atoms with Gasteiger partial charge in [0.05, 0.1) is 6.61 Å². The number of nitrogens with zero attached hydrogens (tertiary/aromatic N) is 1. The lowest BCUT2D eigenvalue weighted by Gasteiger charge is -2.41. The van der Waals surface area contributed by atoms with E-state index < -0.39 is 6.04 Å². The molecule has 4 heteroatoms. The molecule has 1 saturated heterocycles. The fraction of sp³-hybridized carbons (Fsp3) is 0.500. The molecule has 1 heterocycles. The molecule has 0 aromatic heterocycles. The third kappa shape index (κ3) is 2.20. The molecule has 2 unspecified atom stereocenters. The van der Waals surface area contributed by atoms with Crippen LogP contribution in [0.2, 0.25) is 0 Å². The quantitative estimate of drug-likeness (QED) is 0.820. The van der Waals surface area contributed by atoms with Crippen LogP contribution in [0.4, 0.5) is 5.69 Å². The second kappa shape index (κ2) is 4.98. The zero-order valence-electron chi connectivity index (χ0n) is 11.1. The molecule has 98 valence electrons. The van der Waals surface area contributed by atoms with Crippen LogP contribution in [0.5, 0.6) is 0 Å². The minimum Gasteiger partial charge on any atom is -0.394 e. The number of rotatable bonds is 2. The maximum atomic E-state index is 11.8. The Labute approximate surface area is 108 Å². The minimum atomic E-state index is -0.491. The number of nitrogens with one attached hydrogen (secondary N) is 1. The van der Waals surface area contributed by atoms with Crippen LogP contribution < -0.4 is 10.2 Å². The fourth-order valence-electron chi connectivity index (χ4n) is 2.47. The second-order valence-corrected chi connectivity index (χ2v) is 4.99. The summed E-state index contributed by atoms with van der Waals surface area (Å²) in [6.07, 6.45) is 0. The lowest BCUT2D eigenvalue weighted by molar-refractivity contribution is -0.124. The molecule has 0 aliphatic carbocycles. The fourth-order valence-corrected chi connectivity index (χ4v) is 2.47. The monoisotopic (exact) mass is 248 g/mol. The molecule has 1 fully saturated rings. The van der Waals surface area contributed by atoms with Crippen molar-refractivity contribution in [3.8, 4) is 0 Å². The van der Waals surface area contributed by atoms with E-state index in [2.05, 4.69) is 30.4 Å². The van der Waals surface area contributed by atoms with Crippen LogP contribution in [-0.4, -0.2) is 36.2 Å². The maximum absolute atomic E-state index is 11.8. The van der Waals surface area contributed by atoms with Gasteiger partial charge in [-0.3, -0.25) is 4.79 Å². The van der Waals surface area contributed by atoms with Crippen molar-refractivity contribution < 1.29 is 9.90 Å². The topological polar surface area (TPSA) is 52.6 Å². The van der Waals surface area contributed by atoms with E-state index >= 15 is 0 Å². The molecule has 1 amide bonds. The van der Waals surface area contributed by atoms with E-state index in [4.69, 9.17) is 0 Å². The zero-order valence-corrected chi connectivity index (χ0v) is 11.1. The molecule has 1 aliphatic rings. The summed E-state index contributed by atoms with van der Waals surface area (Å²) in [5, 5.41) is 12.3. The molecule has 0 bridgehead atoms. The van der Waals surface area contributed by atoms with Crippen LogP contribution >= 0.6 is 0 Å². The van der Waals surface area contributed by atoms with E-state index in [0.717, 1.165) is 16.8 Å². The van der Waals surface area contributed by atoms with Gasteiger partial charge in [0.2, 0.25) is 5.91 Å². The Hall–Kier alpha value is -1.55. The molecule has 18 heavy (non-hydrogen) atoms. The molecule has 2 atom stereocenters. The van der Waals surface area contributed by atoms with Gasteiger partial charge >= 0.3 is 0 Å². The Bertz CT molecular complexity index is 459. The summed E-state index contributed by atoms with van der Waals surface area (Å²) < 4.78 is 0. The predicted molar refractivity (Wildman–Crippen MR) is 71.7 cm³/mol. The molecular weight excluding hydrogens is 228 g/mol. The summed E-state index contributed by atoms with van der Waals surface area (Å²) >= 11 is 0. The van der Waals surface area contributed by atoms with Crippen molar-refractivity contribution >= 4 is 11.6 Å². The van der Waals surface area contributed by atoms with Gasteiger partial charge in [0, 0.05) is 18.3 Å². The molecule has 2 N–H and O–H groups in total. The minimum absolute atomic E-state index is 0.100. The van der Waals surface area contributed by atoms with Gasteiger partial charge in [-0.25, -0.2) is 0 Å². The van der Waals surface area contributed by atoms with Crippen LogP contribution in [0.1, 0.15) is 18.1 Å². The number of aliphatic hydroxyl groups excluding tert-OH is 1. The summed E-state index contributed by atoms with van der Waals surface area (Å²) in [6.45, 7) is 6.57. The SMILES string of the molecule is Cc1ccc(C)c(N2C(C)CNC(=O)C2CO)c1. The summed E-state index contributed by atoms with van der Waals surface area (Å²) in [6, 6.07) is 5.88. The molecule has 1 aromatic rings. The summed E-state index contributed by atoms with van der Waals surface area (Å²) in [5.41, 5.74) is 3.32. The van der Waals surface area contributed by atoms with Crippen molar-refractivity contribution in [2.24, 2.45) is 0 Å². The molecule has 0 saturated carbocycles. The Morgan fingerprint density at radius 3 is 2.83 bits per heavy atom. The van der Waals surface area contributed by atoms with Crippen LogP contribution in [0.15, 0.2) is 18.2 Å². The van der Waals surface area contributed by atoms with Gasteiger partial charge in [-0.2, -0.15) is 0 Å². The lowest BCUT2D eigenvalue weighted by atomic mass is 10.0. The molecular formula is C14H20N2O2. The zero-order chi connectivity index (χ0) is 13.3. The number of hydrogen-bond donors (Lipinski definition) is 2. The van der Waals surface area contributed by atoms with Crippen molar-refractivity contribution in [1.29, 1.82) is 0 Å². The third-order valence-electron chi connectivity index (χ3n) is 3.50. The number of benzene rings is 1. The highest BCUT2D eigenvalue weighted by Crippen LogP contribution is 2.27. The predicted octanol–water partition coefficient (Wildman–Crippen LogP) is 0.989. The van der Waals surface area contributed by atoms with Crippen LogP contribution in [-0.2, 0) is 4.79 Å². The number of hydrogen-bond acceptors (Lipinski definition) is 3. The first kappa shape index (κ1) is 12.9. The molecule has 0 spiro atoms. The van der Waals surface area contributed by atoms with Gasteiger partial charge in [-0.1, -0.05) is 12.1 Å². The average Bonchev–Trinajstić information content (AvgIpc) is 2.35. The summed E-state index contributed by atoms with van der Waals surface area (Å²) in [5.74, 6) is -0.100. The molecule has 1 aliphatic heterocycles. The number of aryl methyl sites for hydroxylation is 2. The number of carbonyl (C=O) groups is 1. The highest BCUT2D eigenvalue weighted by Gasteiger charge is 2.34. The van der Waals surface area contributed by atoms with E-state index in [0.29, 0.717) is 6.54 Å². The number of piperazine rings is 1. The first-order valence-electron chi connectivity index (χ1n) is 6.28. The van der Waals surface area contributed by atoms with Gasteiger partial charge in [0.15, 0.2) is 0 Å².